The maximum absolute atomic E-state index is 13.5. The first-order valence-corrected chi connectivity index (χ1v) is 15.0. The van der Waals surface area contributed by atoms with Crippen LogP contribution in [0.4, 0.5) is 0 Å². The Bertz CT molecular complexity index is 1170. The number of phenolic OH excluding ortho intramolecular Hbond substituents is 1. The number of hydrogen-bond acceptors (Lipinski definition) is 4. The van der Waals surface area contributed by atoms with Crippen LogP contribution in [0.2, 0.25) is 0 Å². The molecule has 1 aliphatic carbocycles. The normalized spacial score (nSPS) is 18.2. The molecule has 0 saturated heterocycles. The van der Waals surface area contributed by atoms with Gasteiger partial charge in [-0.3, -0.25) is 9.98 Å². The molecule has 239 valence electrons. The van der Waals surface area contributed by atoms with Crippen molar-refractivity contribution in [3.63, 3.8) is 0 Å². The molecule has 0 bridgehead atoms. The Morgan fingerprint density at radius 2 is 1.00 bits per heavy atom. The smallest absolute Gasteiger partial charge is 0.128 e. The van der Waals surface area contributed by atoms with Crippen molar-refractivity contribution in [3.05, 3.63) is 57.6 Å². The molecule has 0 spiro atoms. The average molecular weight is 648 g/mol. The van der Waals surface area contributed by atoms with Crippen LogP contribution in [0.1, 0.15) is 157 Å². The minimum atomic E-state index is -0.242. The van der Waals surface area contributed by atoms with Crippen molar-refractivity contribution in [1.82, 2.24) is 0 Å². The van der Waals surface area contributed by atoms with Crippen LogP contribution in [0.3, 0.4) is 0 Å². The molecule has 4 nitrogen and oxygen atoms in total. The summed E-state index contributed by atoms with van der Waals surface area (Å²) in [6.45, 7) is 25.8. The summed E-state index contributed by atoms with van der Waals surface area (Å²) in [4.78, 5) is 10.0. The summed E-state index contributed by atoms with van der Waals surface area (Å²) in [6, 6.07) is 8.34. The quantitative estimate of drug-likeness (QED) is 0.266. The van der Waals surface area contributed by atoms with Crippen LogP contribution in [0.5, 0.6) is 11.5 Å². The number of benzene rings is 2. The molecule has 0 amide bonds. The van der Waals surface area contributed by atoms with Crippen molar-refractivity contribution < 1.29 is 10.2 Å². The Balaban J connectivity index is 0.00000588. The van der Waals surface area contributed by atoms with E-state index in [4.69, 9.17) is 9.98 Å². The third-order valence-electron chi connectivity index (χ3n) is 8.11. The van der Waals surface area contributed by atoms with Crippen LogP contribution in [0.15, 0.2) is 34.3 Å². The topological polar surface area (TPSA) is 68.0 Å². The second-order valence-corrected chi connectivity index (χ2v) is 15.9. The van der Waals surface area contributed by atoms with Crippen molar-refractivity contribution in [2.75, 3.05) is 0 Å². The molecule has 3 rings (SSSR count). The van der Waals surface area contributed by atoms with Gasteiger partial charge in [-0.25, -0.2) is 0 Å². The summed E-state index contributed by atoms with van der Waals surface area (Å²) >= 11 is 0. The van der Waals surface area contributed by atoms with Gasteiger partial charge in [-0.1, -0.05) is 135 Å². The molecule has 1 fully saturated rings. The van der Waals surface area contributed by atoms with Gasteiger partial charge in [0.2, 0.25) is 0 Å². The van der Waals surface area contributed by atoms with E-state index in [-0.39, 0.29) is 74.1 Å². The largest absolute Gasteiger partial charge is 0.872 e. The Hall–Kier alpha value is -1.98. The molecule has 43 heavy (non-hydrogen) atoms. The predicted octanol–water partition coefficient (Wildman–Crippen LogP) is 9.40. The summed E-state index contributed by atoms with van der Waals surface area (Å²) < 4.78 is 0. The third kappa shape index (κ3) is 10.3. The Morgan fingerprint density at radius 1 is 0.628 bits per heavy atom. The predicted molar refractivity (Wildman–Crippen MR) is 189 cm³/mol. The van der Waals surface area contributed by atoms with E-state index < -0.39 is 0 Å². The Kier molecular flexibility index (Phi) is 14.2. The number of aliphatic imine (C=N–C) groups is 2. The summed E-state index contributed by atoms with van der Waals surface area (Å²) in [6.07, 6.45) is 7.77. The fourth-order valence-electron chi connectivity index (χ4n) is 5.29. The van der Waals surface area contributed by atoms with Gasteiger partial charge in [0.15, 0.2) is 0 Å². The van der Waals surface area contributed by atoms with E-state index >= 15 is 0 Å². The molecule has 1 aliphatic rings. The molecule has 2 aromatic carbocycles. The second-order valence-electron chi connectivity index (χ2n) is 15.9. The third-order valence-corrected chi connectivity index (χ3v) is 8.11. The molecule has 5 heteroatoms. The minimum absolute atomic E-state index is 0. The van der Waals surface area contributed by atoms with Gasteiger partial charge in [-0.2, -0.15) is 0 Å². The van der Waals surface area contributed by atoms with Crippen molar-refractivity contribution in [2.24, 2.45) is 9.98 Å². The van der Waals surface area contributed by atoms with Gasteiger partial charge in [0.25, 0.3) is 0 Å². The molecule has 2 aromatic rings. The summed E-state index contributed by atoms with van der Waals surface area (Å²) in [5, 5.41) is 24.7. The average Bonchev–Trinajstić information content (AvgIpc) is 2.80. The number of rotatable bonds is 4. The summed E-state index contributed by atoms with van der Waals surface area (Å²) in [5.74, 6) is 0.378. The van der Waals surface area contributed by atoms with Gasteiger partial charge >= 0.3 is 0 Å². The first kappa shape index (κ1) is 41.0. The van der Waals surface area contributed by atoms with Gasteiger partial charge in [0.1, 0.15) is 5.75 Å². The molecule has 0 heterocycles. The van der Waals surface area contributed by atoms with E-state index in [1.54, 1.807) is 6.21 Å². The van der Waals surface area contributed by atoms with Crippen molar-refractivity contribution >= 4 is 32.2 Å². The molecule has 3 radical (unpaired) electrons. The van der Waals surface area contributed by atoms with Crippen LogP contribution in [0.25, 0.3) is 0 Å². The van der Waals surface area contributed by atoms with E-state index in [9.17, 15) is 10.2 Å². The van der Waals surface area contributed by atoms with E-state index in [0.29, 0.717) is 11.3 Å². The Morgan fingerprint density at radius 3 is 1.40 bits per heavy atom. The van der Waals surface area contributed by atoms with E-state index in [2.05, 4.69) is 101 Å². The molecule has 0 aromatic heterocycles. The van der Waals surface area contributed by atoms with Crippen molar-refractivity contribution in [3.8, 4) is 11.5 Å². The molecule has 0 aliphatic heterocycles. The van der Waals surface area contributed by atoms with Crippen LogP contribution in [-0.2, 0) is 21.7 Å². The Labute approximate surface area is 278 Å². The zero-order valence-electron chi connectivity index (χ0n) is 27.8. The molecular formula is C38H61GaN2O2-. The van der Waals surface area contributed by atoms with Gasteiger partial charge in [-0.15, -0.1) is 0 Å². The summed E-state index contributed by atoms with van der Waals surface area (Å²) in [7, 11) is 0. The van der Waals surface area contributed by atoms with Crippen LogP contribution in [-0.4, -0.2) is 49.4 Å². The fraction of sp³-hybridized carbons (Fsp3) is 0.632. The van der Waals surface area contributed by atoms with Crippen LogP contribution < -0.4 is 5.11 Å². The first-order valence-electron chi connectivity index (χ1n) is 15.0. The minimum Gasteiger partial charge on any atom is -0.872 e. The van der Waals surface area contributed by atoms with Crippen molar-refractivity contribution in [2.45, 2.75) is 157 Å². The molecule has 2 atom stereocenters. The zero-order chi connectivity index (χ0) is 30.3. The monoisotopic (exact) mass is 646 g/mol. The zero-order valence-corrected chi connectivity index (χ0v) is 30.2. The SMILES string of the molecule is C.C.CC(C)(C)c1cc(C=N[C@@H]2CCCC[C@H]2N=Cc2cc(C(C)(C)C)cc(C(C)(C)C)c2O)c([O-])c(C(C)(C)C)c1.[Ga]. The summed E-state index contributed by atoms with van der Waals surface area (Å²) in [5.41, 5.74) is 5.01. The van der Waals surface area contributed by atoms with Gasteiger partial charge in [-0.05, 0) is 62.8 Å². The number of nitrogens with zero attached hydrogens (tertiary/aromatic N) is 2. The maximum atomic E-state index is 13.5. The molecule has 1 saturated carbocycles. The van der Waals surface area contributed by atoms with Gasteiger partial charge in [0.05, 0.1) is 12.1 Å². The number of aromatic hydroxyl groups is 1. The number of phenols is 1. The first-order chi connectivity index (χ1) is 18.2. The second kappa shape index (κ2) is 14.9. The standard InChI is InChI=1S/C36H54N2O2.2CH4.Ga/c1-33(2,3)25-17-23(31(39)27(19-25)35(7,8)9)21-37-29-15-13-14-16-30(29)38-22-24-18-26(34(4,5)6)20-28(32(24)40)36(10,11)12;;;/h17-22,29-30,39-40H,13-16H2,1-12H3;2*1H4;/p-1/t29-,30-;;;/m1.../s1. The van der Waals surface area contributed by atoms with Crippen LogP contribution >= 0.6 is 0 Å². The fourth-order valence-corrected chi connectivity index (χ4v) is 5.29. The molecule has 0 unspecified atom stereocenters. The van der Waals surface area contributed by atoms with E-state index in [0.717, 1.165) is 47.9 Å². The molecule has 1 N–H and O–H groups in total. The van der Waals surface area contributed by atoms with E-state index in [1.807, 2.05) is 12.3 Å². The number of hydrogen-bond donors (Lipinski definition) is 1. The molecular weight excluding hydrogens is 586 g/mol. The van der Waals surface area contributed by atoms with Gasteiger partial charge < -0.3 is 10.2 Å². The maximum Gasteiger partial charge on any atom is 0.128 e. The van der Waals surface area contributed by atoms with E-state index in [1.165, 1.54) is 5.56 Å². The van der Waals surface area contributed by atoms with Crippen molar-refractivity contribution in [1.29, 1.82) is 0 Å². The van der Waals surface area contributed by atoms with Crippen LogP contribution in [0, 0.1) is 0 Å². The van der Waals surface area contributed by atoms with Gasteiger partial charge in [0, 0.05) is 43.3 Å².